The second-order valence-corrected chi connectivity index (χ2v) is 9.16. The summed E-state index contributed by atoms with van der Waals surface area (Å²) in [6, 6.07) is 15.1. The number of halogens is 3. The lowest BCUT2D eigenvalue weighted by Crippen LogP contribution is -2.20. The number of para-hydroxylation sites is 1. The molecule has 16 heteroatoms. The van der Waals surface area contributed by atoms with Crippen LogP contribution in [0.2, 0.25) is 0 Å². The van der Waals surface area contributed by atoms with Crippen molar-refractivity contribution in [3.8, 4) is 28.8 Å². The largest absolute Gasteiger partial charge is 0.490 e. The number of nitro benzene ring substituents is 1. The van der Waals surface area contributed by atoms with Crippen molar-refractivity contribution in [1.82, 2.24) is 14.6 Å². The molecule has 45 heavy (non-hydrogen) atoms. The average molecular weight is 621 g/mol. The molecule has 2 aromatic heterocycles. The van der Waals surface area contributed by atoms with Crippen molar-refractivity contribution in [3.05, 3.63) is 121 Å². The normalized spacial score (nSPS) is 11.6. The maximum absolute atomic E-state index is 13.5. The number of rotatable bonds is 9. The molecule has 0 saturated carbocycles. The molecule has 0 spiro atoms. The first kappa shape index (κ1) is 30.3. The van der Waals surface area contributed by atoms with Crippen LogP contribution in [0.3, 0.4) is 0 Å². The molecule has 0 aliphatic heterocycles. The monoisotopic (exact) mass is 620 g/mol. The lowest BCUT2D eigenvalue weighted by Gasteiger charge is -2.13. The Kier molecular flexibility index (Phi) is 8.21. The molecule has 0 N–H and O–H groups in total. The molecule has 0 unspecified atom stereocenters. The van der Waals surface area contributed by atoms with Gasteiger partial charge in [-0.05, 0) is 37.3 Å². The van der Waals surface area contributed by atoms with Gasteiger partial charge in [0.25, 0.3) is 11.2 Å². The number of nitrogens with zero attached hydrogens (tertiary/aromatic N) is 6. The summed E-state index contributed by atoms with van der Waals surface area (Å²) in [7, 11) is 0. The quantitative estimate of drug-likeness (QED) is 0.103. The van der Waals surface area contributed by atoms with Gasteiger partial charge in [-0.25, -0.2) is 9.97 Å². The first-order valence-electron chi connectivity index (χ1n) is 12.9. The number of pyridine rings is 1. The minimum Gasteiger partial charge on any atom is -0.490 e. The maximum Gasteiger partial charge on any atom is 0.416 e. The summed E-state index contributed by atoms with van der Waals surface area (Å²) in [6.07, 6.45) is -2.66. The molecule has 3 aromatic carbocycles. The molecule has 2 heterocycles. The van der Waals surface area contributed by atoms with Gasteiger partial charge >= 0.3 is 11.9 Å². The molecular formula is C29H19F3N6O7. The molecule has 5 aromatic rings. The molecule has 0 saturated heterocycles. The second kappa shape index (κ2) is 12.2. The van der Waals surface area contributed by atoms with E-state index in [4.69, 9.17) is 9.47 Å². The van der Waals surface area contributed by atoms with Gasteiger partial charge in [-0.3, -0.25) is 25.0 Å². The zero-order valence-corrected chi connectivity index (χ0v) is 23.0. The number of aromatic nitrogens is 3. The Morgan fingerprint density at radius 2 is 1.78 bits per heavy atom. The van der Waals surface area contributed by atoms with Crippen LogP contribution in [0.4, 0.5) is 24.5 Å². The van der Waals surface area contributed by atoms with Crippen LogP contribution in [0.5, 0.6) is 17.4 Å². The van der Waals surface area contributed by atoms with Crippen LogP contribution >= 0.6 is 0 Å². The Hall–Kier alpha value is -6.19. The maximum atomic E-state index is 13.5. The van der Waals surface area contributed by atoms with E-state index in [1.54, 1.807) is 19.1 Å². The number of alkyl halides is 3. The summed E-state index contributed by atoms with van der Waals surface area (Å²) in [4.78, 5) is 43.2. The standard InChI is InChI=1S/C29H19F3N6O7/c1-2-44-24-13-17(12-23(38(42)43)26(24)45-25-11-10-20(16-33-25)37(40)41)15-34-36-27(18-6-5-7-19(14-18)29(30,31)32)35-22-9-4-3-8-21(22)28(36)39/h3-16H,2H2,1H3. The number of fused-ring (bicyclic) bond motifs is 1. The third-order valence-electron chi connectivity index (χ3n) is 6.22. The number of hydrogen-bond donors (Lipinski definition) is 0. The minimum atomic E-state index is -4.66. The Labute approximate surface area is 250 Å². The Morgan fingerprint density at radius 3 is 2.44 bits per heavy atom. The summed E-state index contributed by atoms with van der Waals surface area (Å²) in [5, 5.41) is 27.3. The molecule has 5 rings (SSSR count). The van der Waals surface area contributed by atoms with E-state index in [-0.39, 0.29) is 57.5 Å². The zero-order chi connectivity index (χ0) is 32.3. The van der Waals surface area contributed by atoms with Crippen molar-refractivity contribution >= 4 is 28.5 Å². The summed E-state index contributed by atoms with van der Waals surface area (Å²) in [5.74, 6) is -0.861. The van der Waals surface area contributed by atoms with E-state index < -0.39 is 32.8 Å². The molecule has 0 atom stereocenters. The topological polar surface area (TPSA) is 165 Å². The van der Waals surface area contributed by atoms with Gasteiger partial charge in [0, 0.05) is 29.3 Å². The van der Waals surface area contributed by atoms with E-state index in [1.807, 2.05) is 0 Å². The summed E-state index contributed by atoms with van der Waals surface area (Å²) < 4.78 is 52.4. The lowest BCUT2D eigenvalue weighted by atomic mass is 10.1. The molecule has 0 amide bonds. The van der Waals surface area contributed by atoms with Gasteiger partial charge in [-0.2, -0.15) is 22.9 Å². The van der Waals surface area contributed by atoms with Gasteiger partial charge in [0.1, 0.15) is 6.20 Å². The molecule has 0 radical (unpaired) electrons. The highest BCUT2D eigenvalue weighted by atomic mass is 19.4. The molecule has 13 nitrogen and oxygen atoms in total. The highest BCUT2D eigenvalue weighted by Gasteiger charge is 2.31. The molecule has 0 aliphatic rings. The Bertz CT molecular complexity index is 2030. The number of hydrogen-bond acceptors (Lipinski definition) is 10. The number of ether oxygens (including phenoxy) is 2. The minimum absolute atomic E-state index is 0.0508. The van der Waals surface area contributed by atoms with Crippen LogP contribution in [-0.2, 0) is 6.18 Å². The summed E-state index contributed by atoms with van der Waals surface area (Å²) in [5.41, 5.74) is -2.35. The predicted octanol–water partition coefficient (Wildman–Crippen LogP) is 6.37. The van der Waals surface area contributed by atoms with Gasteiger partial charge < -0.3 is 9.47 Å². The SMILES string of the molecule is CCOc1cc(C=Nn2c(-c3cccc(C(F)(F)F)c3)nc3ccccc3c2=O)cc([N+](=O)[O-])c1Oc1ccc([N+](=O)[O-])cn1. The first-order valence-corrected chi connectivity index (χ1v) is 12.9. The van der Waals surface area contributed by atoms with Gasteiger partial charge in [0.15, 0.2) is 11.6 Å². The van der Waals surface area contributed by atoms with Gasteiger partial charge in [0.2, 0.25) is 11.6 Å². The first-order chi connectivity index (χ1) is 21.5. The lowest BCUT2D eigenvalue weighted by molar-refractivity contribution is -0.385. The molecule has 0 fully saturated rings. The molecular weight excluding hydrogens is 601 g/mol. The van der Waals surface area contributed by atoms with Crippen molar-refractivity contribution in [2.75, 3.05) is 6.61 Å². The second-order valence-electron chi connectivity index (χ2n) is 9.16. The summed E-state index contributed by atoms with van der Waals surface area (Å²) >= 11 is 0. The van der Waals surface area contributed by atoms with E-state index >= 15 is 0 Å². The fourth-order valence-corrected chi connectivity index (χ4v) is 4.21. The van der Waals surface area contributed by atoms with E-state index in [0.29, 0.717) is 0 Å². The summed E-state index contributed by atoms with van der Waals surface area (Å²) in [6.45, 7) is 1.66. The van der Waals surface area contributed by atoms with Crippen LogP contribution < -0.4 is 15.0 Å². The van der Waals surface area contributed by atoms with E-state index in [9.17, 15) is 38.2 Å². The third kappa shape index (κ3) is 6.43. The fourth-order valence-electron chi connectivity index (χ4n) is 4.21. The highest BCUT2D eigenvalue weighted by molar-refractivity contribution is 5.84. The van der Waals surface area contributed by atoms with Crippen LogP contribution in [0.15, 0.2) is 88.9 Å². The van der Waals surface area contributed by atoms with Crippen molar-refractivity contribution < 1.29 is 32.5 Å². The fraction of sp³-hybridized carbons (Fsp3) is 0.103. The molecule has 0 bridgehead atoms. The van der Waals surface area contributed by atoms with Crippen LogP contribution in [0, 0.1) is 20.2 Å². The Morgan fingerprint density at radius 1 is 1.00 bits per heavy atom. The van der Waals surface area contributed by atoms with E-state index in [0.717, 1.165) is 47.4 Å². The van der Waals surface area contributed by atoms with Gasteiger partial charge in [0.05, 0.1) is 39.1 Å². The van der Waals surface area contributed by atoms with E-state index in [2.05, 4.69) is 15.1 Å². The van der Waals surface area contributed by atoms with Crippen LogP contribution in [0.1, 0.15) is 18.1 Å². The molecule has 228 valence electrons. The van der Waals surface area contributed by atoms with Crippen molar-refractivity contribution in [2.45, 2.75) is 13.1 Å². The van der Waals surface area contributed by atoms with Crippen LogP contribution in [0.25, 0.3) is 22.3 Å². The Balaban J connectivity index is 1.63. The van der Waals surface area contributed by atoms with Gasteiger partial charge in [-0.1, -0.05) is 24.3 Å². The van der Waals surface area contributed by atoms with E-state index in [1.165, 1.54) is 30.3 Å². The van der Waals surface area contributed by atoms with Crippen molar-refractivity contribution in [2.24, 2.45) is 5.10 Å². The predicted molar refractivity (Wildman–Crippen MR) is 155 cm³/mol. The third-order valence-corrected chi connectivity index (χ3v) is 6.22. The zero-order valence-electron chi connectivity index (χ0n) is 23.0. The van der Waals surface area contributed by atoms with Gasteiger partial charge in [-0.15, -0.1) is 0 Å². The van der Waals surface area contributed by atoms with Crippen LogP contribution in [-0.4, -0.2) is 37.3 Å². The number of nitro groups is 2. The average Bonchev–Trinajstić information content (AvgIpc) is 3.01. The van der Waals surface area contributed by atoms with Crippen molar-refractivity contribution in [1.29, 1.82) is 0 Å². The smallest absolute Gasteiger partial charge is 0.416 e. The molecule has 0 aliphatic carbocycles. The van der Waals surface area contributed by atoms with Crippen molar-refractivity contribution in [3.63, 3.8) is 0 Å². The highest BCUT2D eigenvalue weighted by Crippen LogP contribution is 2.41. The number of benzene rings is 3.